The van der Waals surface area contributed by atoms with E-state index in [1.54, 1.807) is 13.2 Å². The zero-order valence-corrected chi connectivity index (χ0v) is 18.8. The standard InChI is InChI=1S/C26H24N6O2/c1-31-16-27-15-20(25(31)34)17-7-9-19(10-8-17)26(13-14-26)29-24(33)23-28-22-12-11-21(32(22)30-23)18-5-3-2-4-6-18/h2-10,15-16,21H,11-14H2,1H3,(H,29,33)/t21-/m0/s1. The van der Waals surface area contributed by atoms with Crippen LogP contribution in [0.2, 0.25) is 0 Å². The largest absolute Gasteiger partial charge is 0.340 e. The fraction of sp³-hybridized carbons (Fsp3) is 0.269. The monoisotopic (exact) mass is 452 g/mol. The van der Waals surface area contributed by atoms with Crippen LogP contribution in [0.15, 0.2) is 71.9 Å². The second-order valence-electron chi connectivity index (χ2n) is 9.10. The van der Waals surface area contributed by atoms with E-state index in [4.69, 9.17) is 0 Å². The second kappa shape index (κ2) is 7.76. The van der Waals surface area contributed by atoms with Gasteiger partial charge in [-0.3, -0.25) is 9.59 Å². The molecule has 0 radical (unpaired) electrons. The Bertz CT molecular complexity index is 1430. The number of hydrogen-bond donors (Lipinski definition) is 1. The van der Waals surface area contributed by atoms with Crippen molar-refractivity contribution in [3.05, 3.63) is 100 Å². The van der Waals surface area contributed by atoms with Crippen LogP contribution in [0.3, 0.4) is 0 Å². The predicted octanol–water partition coefficient (Wildman–Crippen LogP) is 2.99. The summed E-state index contributed by atoms with van der Waals surface area (Å²) in [5.74, 6) is 0.819. The molecular formula is C26H24N6O2. The first-order valence-corrected chi connectivity index (χ1v) is 11.5. The molecule has 170 valence electrons. The number of benzene rings is 2. The molecule has 4 aromatic rings. The van der Waals surface area contributed by atoms with Crippen LogP contribution in [0.4, 0.5) is 0 Å². The Morgan fingerprint density at radius 1 is 1.09 bits per heavy atom. The number of carbonyl (C=O) groups is 1. The average Bonchev–Trinajstić information content (AvgIpc) is 3.33. The van der Waals surface area contributed by atoms with E-state index in [0.717, 1.165) is 42.6 Å². The number of carbonyl (C=O) groups excluding carboxylic acids is 1. The third-order valence-electron chi connectivity index (χ3n) is 6.87. The van der Waals surface area contributed by atoms with E-state index in [1.807, 2.05) is 47.1 Å². The summed E-state index contributed by atoms with van der Waals surface area (Å²) < 4.78 is 3.36. The molecule has 1 aliphatic heterocycles. The van der Waals surface area contributed by atoms with E-state index in [1.165, 1.54) is 16.5 Å². The van der Waals surface area contributed by atoms with Crippen molar-refractivity contribution in [1.82, 2.24) is 29.6 Å². The SMILES string of the molecule is Cn1cncc(-c2ccc(C3(NC(=O)c4nc5n(n4)[C@H](c4ccccc4)CC5)CC3)cc2)c1=O. The fourth-order valence-corrected chi connectivity index (χ4v) is 4.80. The first kappa shape index (κ1) is 20.5. The third kappa shape index (κ3) is 3.42. The smallest absolute Gasteiger partial charge is 0.291 e. The van der Waals surface area contributed by atoms with E-state index >= 15 is 0 Å². The van der Waals surface area contributed by atoms with Gasteiger partial charge in [-0.1, -0.05) is 54.6 Å². The highest BCUT2D eigenvalue weighted by atomic mass is 16.2. The van der Waals surface area contributed by atoms with Crippen molar-refractivity contribution >= 4 is 5.91 Å². The predicted molar refractivity (Wildman–Crippen MR) is 126 cm³/mol. The quantitative estimate of drug-likeness (QED) is 0.502. The zero-order valence-electron chi connectivity index (χ0n) is 18.8. The highest BCUT2D eigenvalue weighted by Gasteiger charge is 2.46. The topological polar surface area (TPSA) is 94.7 Å². The van der Waals surface area contributed by atoms with Gasteiger partial charge in [0.15, 0.2) is 0 Å². The molecule has 1 amide bonds. The van der Waals surface area contributed by atoms with E-state index in [-0.39, 0.29) is 23.3 Å². The molecule has 0 spiro atoms. The molecule has 0 saturated heterocycles. The van der Waals surface area contributed by atoms with Crippen molar-refractivity contribution < 1.29 is 4.79 Å². The third-order valence-corrected chi connectivity index (χ3v) is 6.87. The Labute approximate surface area is 196 Å². The maximum atomic E-state index is 13.1. The Balaban J connectivity index is 1.21. The molecule has 1 atom stereocenters. The molecule has 2 aromatic carbocycles. The Morgan fingerprint density at radius 3 is 2.59 bits per heavy atom. The van der Waals surface area contributed by atoms with Gasteiger partial charge < -0.3 is 9.88 Å². The number of fused-ring (bicyclic) bond motifs is 1. The lowest BCUT2D eigenvalue weighted by Gasteiger charge is -2.17. The van der Waals surface area contributed by atoms with Crippen LogP contribution >= 0.6 is 0 Å². The van der Waals surface area contributed by atoms with Crippen molar-refractivity contribution in [3.8, 4) is 11.1 Å². The molecule has 1 N–H and O–H groups in total. The molecule has 8 nitrogen and oxygen atoms in total. The number of hydrogen-bond acceptors (Lipinski definition) is 5. The summed E-state index contributed by atoms with van der Waals surface area (Å²) in [7, 11) is 1.68. The van der Waals surface area contributed by atoms with Gasteiger partial charge in [-0.2, -0.15) is 0 Å². The number of nitrogens with zero attached hydrogens (tertiary/aromatic N) is 5. The number of rotatable bonds is 5. The highest BCUT2D eigenvalue weighted by molar-refractivity contribution is 5.91. The maximum absolute atomic E-state index is 13.1. The summed E-state index contributed by atoms with van der Waals surface area (Å²) in [5, 5.41) is 7.74. The first-order chi connectivity index (χ1) is 16.5. The maximum Gasteiger partial charge on any atom is 0.291 e. The van der Waals surface area contributed by atoms with Gasteiger partial charge in [0, 0.05) is 19.7 Å². The van der Waals surface area contributed by atoms with Gasteiger partial charge in [0.05, 0.1) is 23.5 Å². The molecule has 2 aromatic heterocycles. The molecule has 0 unspecified atom stereocenters. The number of aromatic nitrogens is 5. The summed E-state index contributed by atoms with van der Waals surface area (Å²) in [5.41, 5.74) is 3.04. The van der Waals surface area contributed by atoms with Gasteiger partial charge in [0.1, 0.15) is 5.82 Å². The summed E-state index contributed by atoms with van der Waals surface area (Å²) in [6, 6.07) is 18.1. The molecular weight excluding hydrogens is 428 g/mol. The minimum Gasteiger partial charge on any atom is -0.340 e. The summed E-state index contributed by atoms with van der Waals surface area (Å²) in [4.78, 5) is 34.1. The van der Waals surface area contributed by atoms with E-state index < -0.39 is 5.54 Å². The van der Waals surface area contributed by atoms with Crippen LogP contribution in [-0.2, 0) is 19.0 Å². The van der Waals surface area contributed by atoms with Crippen molar-refractivity contribution in [3.63, 3.8) is 0 Å². The van der Waals surface area contributed by atoms with Gasteiger partial charge in [0.25, 0.3) is 11.5 Å². The molecule has 3 heterocycles. The molecule has 1 fully saturated rings. The summed E-state index contributed by atoms with van der Waals surface area (Å²) in [6.07, 6.45) is 6.53. The number of aryl methyl sites for hydroxylation is 2. The first-order valence-electron chi connectivity index (χ1n) is 11.5. The highest BCUT2D eigenvalue weighted by Crippen LogP contribution is 2.46. The lowest BCUT2D eigenvalue weighted by molar-refractivity contribution is 0.0919. The molecule has 6 rings (SSSR count). The van der Waals surface area contributed by atoms with Crippen molar-refractivity contribution in [2.75, 3.05) is 0 Å². The van der Waals surface area contributed by atoms with Crippen LogP contribution in [0.5, 0.6) is 0 Å². The Hall–Kier alpha value is -4.07. The minimum atomic E-state index is -0.413. The van der Waals surface area contributed by atoms with Gasteiger partial charge in [-0.05, 0) is 36.0 Å². The van der Waals surface area contributed by atoms with Gasteiger partial charge in [-0.25, -0.2) is 14.6 Å². The van der Waals surface area contributed by atoms with Crippen LogP contribution < -0.4 is 10.9 Å². The number of amides is 1. The minimum absolute atomic E-state index is 0.0927. The molecule has 1 aliphatic carbocycles. The van der Waals surface area contributed by atoms with Gasteiger partial charge in [0.2, 0.25) is 5.82 Å². The molecule has 2 aliphatic rings. The zero-order chi connectivity index (χ0) is 23.3. The lowest BCUT2D eigenvalue weighted by Crippen LogP contribution is -2.35. The average molecular weight is 453 g/mol. The lowest BCUT2D eigenvalue weighted by atomic mass is 10.0. The summed E-state index contributed by atoms with van der Waals surface area (Å²) >= 11 is 0. The van der Waals surface area contributed by atoms with E-state index in [2.05, 4.69) is 32.5 Å². The van der Waals surface area contributed by atoms with Crippen LogP contribution in [-0.4, -0.2) is 30.2 Å². The normalized spacial score (nSPS) is 17.9. The second-order valence-corrected chi connectivity index (χ2v) is 9.10. The summed E-state index contributed by atoms with van der Waals surface area (Å²) in [6.45, 7) is 0. The molecule has 8 heteroatoms. The van der Waals surface area contributed by atoms with Crippen LogP contribution in [0.25, 0.3) is 11.1 Å². The van der Waals surface area contributed by atoms with Crippen molar-refractivity contribution in [2.24, 2.45) is 7.05 Å². The molecule has 1 saturated carbocycles. The Kier molecular flexibility index (Phi) is 4.69. The fourth-order valence-electron chi connectivity index (χ4n) is 4.80. The molecule has 0 bridgehead atoms. The van der Waals surface area contributed by atoms with Gasteiger partial charge >= 0.3 is 0 Å². The van der Waals surface area contributed by atoms with E-state index in [9.17, 15) is 9.59 Å². The van der Waals surface area contributed by atoms with E-state index in [0.29, 0.717) is 5.56 Å². The Morgan fingerprint density at radius 2 is 1.85 bits per heavy atom. The molecule has 34 heavy (non-hydrogen) atoms. The van der Waals surface area contributed by atoms with Crippen LogP contribution in [0, 0.1) is 0 Å². The van der Waals surface area contributed by atoms with Crippen molar-refractivity contribution in [1.29, 1.82) is 0 Å². The van der Waals surface area contributed by atoms with Crippen LogP contribution in [0.1, 0.15) is 52.9 Å². The number of nitrogens with one attached hydrogen (secondary N) is 1. The van der Waals surface area contributed by atoms with Crippen molar-refractivity contribution in [2.45, 2.75) is 37.3 Å². The van der Waals surface area contributed by atoms with Gasteiger partial charge in [-0.15, -0.1) is 5.10 Å².